The van der Waals surface area contributed by atoms with Gasteiger partial charge in [-0.3, -0.25) is 0 Å². The summed E-state index contributed by atoms with van der Waals surface area (Å²) in [6, 6.07) is 0. The van der Waals surface area contributed by atoms with Gasteiger partial charge in [0.15, 0.2) is 0 Å². The number of rotatable bonds is 6. The van der Waals surface area contributed by atoms with Crippen LogP contribution in [0.5, 0.6) is 0 Å². The van der Waals surface area contributed by atoms with E-state index in [1.807, 2.05) is 6.92 Å². The van der Waals surface area contributed by atoms with Crippen LogP contribution in [0.2, 0.25) is 0 Å². The van der Waals surface area contributed by atoms with Crippen LogP contribution >= 0.6 is 27.5 Å². The third-order valence-corrected chi connectivity index (χ3v) is 4.08. The van der Waals surface area contributed by atoms with E-state index in [1.54, 1.807) is 6.08 Å². The smallest absolute Gasteiger partial charge is 0.0773 e. The van der Waals surface area contributed by atoms with Gasteiger partial charge in [-0.2, -0.15) is 0 Å². The summed E-state index contributed by atoms with van der Waals surface area (Å²) < 4.78 is 0. The van der Waals surface area contributed by atoms with E-state index in [9.17, 15) is 0 Å². The lowest BCUT2D eigenvalue weighted by atomic mass is 10.0. The number of halogens is 2. The molecular formula is C10H16BrClO. The van der Waals surface area contributed by atoms with E-state index < -0.39 is 4.87 Å². The summed E-state index contributed by atoms with van der Waals surface area (Å²) in [6.07, 6.45) is 3.44. The molecule has 2 atom stereocenters. The highest BCUT2D eigenvalue weighted by Gasteiger charge is 2.28. The van der Waals surface area contributed by atoms with Gasteiger partial charge in [-0.1, -0.05) is 40.7 Å². The van der Waals surface area contributed by atoms with Crippen molar-refractivity contribution in [3.8, 4) is 0 Å². The molecule has 0 unspecified atom stereocenters. The van der Waals surface area contributed by atoms with Gasteiger partial charge in [0.25, 0.3) is 0 Å². The van der Waals surface area contributed by atoms with Crippen molar-refractivity contribution < 1.29 is 5.11 Å². The van der Waals surface area contributed by atoms with Gasteiger partial charge in [0.05, 0.1) is 11.5 Å². The minimum atomic E-state index is -0.596. The predicted octanol–water partition coefficient (Wildman–Crippen LogP) is 3.26. The van der Waals surface area contributed by atoms with Crippen molar-refractivity contribution in [2.24, 2.45) is 0 Å². The Bertz CT molecular complexity index is 189. The normalized spacial score (nSPS) is 17.5. The van der Waals surface area contributed by atoms with Crippen molar-refractivity contribution in [1.82, 2.24) is 0 Å². The maximum atomic E-state index is 8.98. The summed E-state index contributed by atoms with van der Waals surface area (Å²) in [7, 11) is 0. The van der Waals surface area contributed by atoms with E-state index in [4.69, 9.17) is 16.7 Å². The van der Waals surface area contributed by atoms with Crippen LogP contribution in [-0.2, 0) is 0 Å². The quantitative estimate of drug-likeness (QED) is 0.578. The lowest BCUT2D eigenvalue weighted by Gasteiger charge is -2.25. The fourth-order valence-corrected chi connectivity index (χ4v) is 1.30. The van der Waals surface area contributed by atoms with Crippen LogP contribution in [-0.4, -0.2) is 21.4 Å². The van der Waals surface area contributed by atoms with E-state index in [2.05, 4.69) is 29.1 Å². The highest BCUT2D eigenvalue weighted by atomic mass is 79.9. The molecule has 1 N–H and O–H groups in total. The largest absolute Gasteiger partial charge is 0.395 e. The van der Waals surface area contributed by atoms with Gasteiger partial charge >= 0.3 is 0 Å². The van der Waals surface area contributed by atoms with Crippen LogP contribution in [0.25, 0.3) is 0 Å². The number of aliphatic hydroxyl groups excluding tert-OH is 1. The first kappa shape index (κ1) is 13.2. The standard InChI is InChI=1S/C10H16BrClO/c1-4-8(2)5-6-9(11)10(3,12)7-13/h4,9,13H,1-2,5-7H2,3H3/t9-,10+/m1/s1. The van der Waals surface area contributed by atoms with Crippen molar-refractivity contribution in [3.05, 3.63) is 24.8 Å². The molecule has 0 aromatic carbocycles. The van der Waals surface area contributed by atoms with Gasteiger partial charge in [0.2, 0.25) is 0 Å². The number of alkyl halides is 2. The Morgan fingerprint density at radius 1 is 1.77 bits per heavy atom. The summed E-state index contributed by atoms with van der Waals surface area (Å²) in [5.41, 5.74) is 0.995. The van der Waals surface area contributed by atoms with E-state index in [0.717, 1.165) is 18.4 Å². The molecule has 1 nitrogen and oxygen atoms in total. The molecule has 0 aromatic heterocycles. The molecule has 0 amide bonds. The van der Waals surface area contributed by atoms with Crippen LogP contribution in [0.15, 0.2) is 24.8 Å². The Kier molecular flexibility index (Phi) is 5.93. The van der Waals surface area contributed by atoms with Gasteiger partial charge < -0.3 is 5.11 Å². The van der Waals surface area contributed by atoms with Crippen molar-refractivity contribution in [2.45, 2.75) is 29.5 Å². The number of allylic oxidation sites excluding steroid dienone is 2. The monoisotopic (exact) mass is 266 g/mol. The minimum absolute atomic E-state index is 0.0367. The van der Waals surface area contributed by atoms with Crippen LogP contribution < -0.4 is 0 Å². The zero-order chi connectivity index (χ0) is 10.5. The Morgan fingerprint density at radius 2 is 2.31 bits per heavy atom. The van der Waals surface area contributed by atoms with Gasteiger partial charge in [-0.05, 0) is 19.8 Å². The molecule has 0 bridgehead atoms. The Balaban J connectivity index is 3.93. The molecular weight excluding hydrogens is 251 g/mol. The first-order valence-corrected chi connectivity index (χ1v) is 5.47. The molecule has 0 heterocycles. The Morgan fingerprint density at radius 3 is 2.69 bits per heavy atom. The summed E-state index contributed by atoms with van der Waals surface area (Å²) in [4.78, 5) is -0.509. The van der Waals surface area contributed by atoms with Gasteiger partial charge in [0, 0.05) is 4.83 Å². The average molecular weight is 268 g/mol. The molecule has 0 radical (unpaired) electrons. The molecule has 0 rings (SSSR count). The van der Waals surface area contributed by atoms with E-state index in [0.29, 0.717) is 0 Å². The molecule has 3 heteroatoms. The topological polar surface area (TPSA) is 20.2 Å². The maximum Gasteiger partial charge on any atom is 0.0773 e. The van der Waals surface area contributed by atoms with Crippen molar-refractivity contribution >= 4 is 27.5 Å². The van der Waals surface area contributed by atoms with Crippen molar-refractivity contribution in [3.63, 3.8) is 0 Å². The molecule has 0 fully saturated rings. The first-order chi connectivity index (χ1) is 5.94. The molecule has 0 aliphatic rings. The summed E-state index contributed by atoms with van der Waals surface area (Å²) in [5.74, 6) is 0. The molecule has 76 valence electrons. The van der Waals surface area contributed by atoms with Crippen LogP contribution in [0.1, 0.15) is 19.8 Å². The molecule has 0 aromatic rings. The van der Waals surface area contributed by atoms with Crippen LogP contribution in [0.4, 0.5) is 0 Å². The van der Waals surface area contributed by atoms with E-state index in [1.165, 1.54) is 0 Å². The zero-order valence-electron chi connectivity index (χ0n) is 7.89. The average Bonchev–Trinajstić information content (AvgIpc) is 2.13. The number of hydrogen-bond donors (Lipinski definition) is 1. The second kappa shape index (κ2) is 5.84. The van der Waals surface area contributed by atoms with Crippen molar-refractivity contribution in [1.29, 1.82) is 0 Å². The fourth-order valence-electron chi connectivity index (χ4n) is 0.814. The zero-order valence-corrected chi connectivity index (χ0v) is 10.2. The lowest BCUT2D eigenvalue weighted by Crippen LogP contribution is -2.33. The Labute approximate surface area is 93.6 Å². The molecule has 0 saturated heterocycles. The lowest BCUT2D eigenvalue weighted by molar-refractivity contribution is 0.249. The van der Waals surface area contributed by atoms with Gasteiger partial charge in [-0.25, -0.2) is 0 Å². The van der Waals surface area contributed by atoms with E-state index >= 15 is 0 Å². The van der Waals surface area contributed by atoms with E-state index in [-0.39, 0.29) is 11.4 Å². The highest BCUT2D eigenvalue weighted by molar-refractivity contribution is 9.09. The van der Waals surface area contributed by atoms with Crippen molar-refractivity contribution in [2.75, 3.05) is 6.61 Å². The number of hydrogen-bond acceptors (Lipinski definition) is 1. The molecule has 0 aliphatic heterocycles. The van der Waals surface area contributed by atoms with Gasteiger partial charge in [0.1, 0.15) is 0 Å². The molecule has 0 saturated carbocycles. The predicted molar refractivity (Wildman–Crippen MR) is 62.6 cm³/mol. The van der Waals surface area contributed by atoms with Crippen LogP contribution in [0, 0.1) is 0 Å². The number of aliphatic hydroxyl groups is 1. The van der Waals surface area contributed by atoms with Crippen LogP contribution in [0.3, 0.4) is 0 Å². The summed E-state index contributed by atoms with van der Waals surface area (Å²) in [6.45, 7) is 9.21. The maximum absolute atomic E-state index is 8.98. The fraction of sp³-hybridized carbons (Fsp3) is 0.600. The highest BCUT2D eigenvalue weighted by Crippen LogP contribution is 2.29. The molecule has 0 aliphatic carbocycles. The third-order valence-electron chi connectivity index (χ3n) is 1.97. The second-order valence-corrected chi connectivity index (χ2v) is 5.27. The Hall–Kier alpha value is 0.210. The molecule has 13 heavy (non-hydrogen) atoms. The van der Waals surface area contributed by atoms with Gasteiger partial charge in [-0.15, -0.1) is 11.6 Å². The minimum Gasteiger partial charge on any atom is -0.395 e. The first-order valence-electron chi connectivity index (χ1n) is 4.18. The third kappa shape index (κ3) is 4.84. The summed E-state index contributed by atoms with van der Waals surface area (Å²) >= 11 is 9.50. The second-order valence-electron chi connectivity index (χ2n) is 3.30. The molecule has 0 spiro atoms. The SMILES string of the molecule is C=CC(=C)CC[C@@H](Br)[C@@](C)(Cl)CO. The summed E-state index contributed by atoms with van der Waals surface area (Å²) in [5, 5.41) is 8.98.